The number of likely N-dealkylation sites (tertiary alicyclic amines) is 1. The number of nitrogens with one attached hydrogen (secondary N) is 3. The Morgan fingerprint density at radius 3 is 1.97 bits per heavy atom. The molecule has 14 nitrogen and oxygen atoms in total. The number of aldehydes is 1. The van der Waals surface area contributed by atoms with Crippen LogP contribution in [-0.4, -0.2) is 112 Å². The molecular formula is C47H85N5O9. The molecule has 1 aliphatic carbocycles. The Morgan fingerprint density at radius 1 is 0.951 bits per heavy atom. The predicted molar refractivity (Wildman–Crippen MR) is 249 cm³/mol. The summed E-state index contributed by atoms with van der Waals surface area (Å²) in [6.07, 6.45) is 19.1. The van der Waals surface area contributed by atoms with Crippen molar-refractivity contribution in [2.75, 3.05) is 33.8 Å². The summed E-state index contributed by atoms with van der Waals surface area (Å²) in [5.74, 6) is 0. The zero-order valence-electron chi connectivity index (χ0n) is 39.8. The van der Waals surface area contributed by atoms with E-state index in [4.69, 9.17) is 23.9 Å². The molecule has 1 aromatic carbocycles. The molecule has 1 saturated carbocycles. The van der Waals surface area contributed by atoms with E-state index < -0.39 is 12.5 Å². The first-order chi connectivity index (χ1) is 29.2. The van der Waals surface area contributed by atoms with Crippen LogP contribution in [0.4, 0.5) is 4.79 Å². The second-order valence-electron chi connectivity index (χ2n) is 15.4. The largest absolute Gasteiger partial charge is 0.449 e. The lowest BCUT2D eigenvalue weighted by Gasteiger charge is -2.25. The minimum absolute atomic E-state index is 0.0406. The lowest BCUT2D eigenvalue weighted by molar-refractivity contribution is -0.218. The van der Waals surface area contributed by atoms with E-state index in [0.717, 1.165) is 37.8 Å². The van der Waals surface area contributed by atoms with E-state index in [1.807, 2.05) is 60.0 Å². The predicted octanol–water partition coefficient (Wildman–Crippen LogP) is 7.60. The van der Waals surface area contributed by atoms with Gasteiger partial charge in [0.1, 0.15) is 19.9 Å². The monoisotopic (exact) mass is 864 g/mol. The number of carbonyl (C=O) groups excluding carboxylic acids is 6. The fourth-order valence-electron chi connectivity index (χ4n) is 6.11. The van der Waals surface area contributed by atoms with E-state index in [2.05, 4.69) is 85.6 Å². The molecule has 0 radical (unpaired) electrons. The summed E-state index contributed by atoms with van der Waals surface area (Å²) < 4.78 is 11.2. The molecule has 4 rings (SSSR count). The van der Waals surface area contributed by atoms with Crippen LogP contribution >= 0.6 is 0 Å². The Labute approximate surface area is 369 Å². The fraction of sp³-hybridized carbons (Fsp3) is 0.660. The Kier molecular flexibility index (Phi) is 42.7. The van der Waals surface area contributed by atoms with Crippen molar-refractivity contribution in [1.82, 2.24) is 25.8 Å². The molecular weight excluding hydrogens is 779 g/mol. The van der Waals surface area contributed by atoms with Crippen LogP contribution in [0.3, 0.4) is 0 Å². The molecule has 3 amide bonds. The number of amides is 3. The molecule has 0 aromatic heterocycles. The molecule has 0 bridgehead atoms. The van der Waals surface area contributed by atoms with Gasteiger partial charge < -0.3 is 49.8 Å². The van der Waals surface area contributed by atoms with Crippen LogP contribution in [0.2, 0.25) is 0 Å². The van der Waals surface area contributed by atoms with Crippen LogP contribution < -0.4 is 16.0 Å². The number of benzene rings is 1. The number of aliphatic hydroxyl groups is 1. The van der Waals surface area contributed by atoms with Gasteiger partial charge in [0.2, 0.25) is 19.2 Å². The maximum absolute atomic E-state index is 11.5. The van der Waals surface area contributed by atoms with E-state index in [9.17, 15) is 19.5 Å². The summed E-state index contributed by atoms with van der Waals surface area (Å²) in [6.45, 7) is 28.2. The van der Waals surface area contributed by atoms with Crippen molar-refractivity contribution in [2.45, 2.75) is 164 Å². The van der Waals surface area contributed by atoms with Crippen LogP contribution in [0.25, 0.3) is 6.08 Å². The van der Waals surface area contributed by atoms with Crippen LogP contribution in [0.5, 0.6) is 0 Å². The molecule has 3 atom stereocenters. The third-order valence-electron chi connectivity index (χ3n) is 9.45. The molecule has 2 unspecified atom stereocenters. The highest BCUT2D eigenvalue weighted by molar-refractivity contribution is 5.70. The van der Waals surface area contributed by atoms with Crippen molar-refractivity contribution in [3.63, 3.8) is 0 Å². The number of alkyl carbamates (subject to hydrolysis) is 1. The highest BCUT2D eigenvalue weighted by atomic mass is 16.6. The Morgan fingerprint density at radius 2 is 1.51 bits per heavy atom. The van der Waals surface area contributed by atoms with Gasteiger partial charge in [-0.2, -0.15) is 0 Å². The summed E-state index contributed by atoms with van der Waals surface area (Å²) in [5, 5.41) is 18.0. The van der Waals surface area contributed by atoms with Gasteiger partial charge in [-0.05, 0) is 75.6 Å². The molecule has 352 valence electrons. The van der Waals surface area contributed by atoms with Crippen LogP contribution in [0, 0.1) is 5.41 Å². The third kappa shape index (κ3) is 32.2. The number of hydrogen-bond acceptors (Lipinski definition) is 11. The Bertz CT molecular complexity index is 1260. The zero-order chi connectivity index (χ0) is 47.7. The molecule has 2 aliphatic heterocycles. The Balaban J connectivity index is -0.000000489. The van der Waals surface area contributed by atoms with Crippen molar-refractivity contribution < 1.29 is 43.3 Å². The smallest absolute Gasteiger partial charge is 0.407 e. The normalized spacial score (nSPS) is 16.9. The third-order valence-corrected chi connectivity index (χ3v) is 9.45. The number of rotatable bonds is 16. The topological polar surface area (TPSA) is 184 Å². The van der Waals surface area contributed by atoms with Gasteiger partial charge in [0.25, 0.3) is 0 Å². The van der Waals surface area contributed by atoms with E-state index >= 15 is 0 Å². The van der Waals surface area contributed by atoms with Gasteiger partial charge >= 0.3 is 6.09 Å². The molecule has 1 aromatic rings. The second-order valence-corrected chi connectivity index (χ2v) is 15.4. The first-order valence-electron chi connectivity index (χ1n) is 21.6. The van der Waals surface area contributed by atoms with Crippen molar-refractivity contribution in [3.05, 3.63) is 53.6 Å². The number of likely N-dealkylation sites (N-methyl/N-ethyl adjacent to an activating group) is 1. The van der Waals surface area contributed by atoms with Gasteiger partial charge in [0.05, 0.1) is 19.3 Å². The summed E-state index contributed by atoms with van der Waals surface area (Å²) >= 11 is 0. The minimum Gasteiger partial charge on any atom is -0.449 e. The molecule has 2 heterocycles. The standard InChI is InChI=1S/C26H39N3O5.C7H13NO.C6H12.C2H5NO.2C2H6.2CH2O/c1-19-14-22(16-28(19)4)34-25(32)29-15-21-10-7-9-20(23(21)17-29)8-5-6-11-26(2,3)18-33-24(31)27-12-13-30;1-4-5-7(2,3)8-6-9;1-2-4-6-5-3-1;1-3-2-4;4*1-2/h5,7-10,13,19,22,25,32H,6,11-12,14-18H2,1-4H3,(H,27,31);4,6H,1,5H2,2-3H3,(H,8,9);1-6H2;2H,1H3,(H,3,4);2*1-2H3;2*1H2/b8-5+;;;;;;;/t19?,22-,25?;;;;;;;/m1......./s1. The first kappa shape index (κ1) is 63.4. The molecule has 61 heavy (non-hydrogen) atoms. The zero-order valence-corrected chi connectivity index (χ0v) is 39.8. The molecule has 0 spiro atoms. The van der Waals surface area contributed by atoms with Crippen LogP contribution in [-0.2, 0) is 46.5 Å². The van der Waals surface area contributed by atoms with Crippen molar-refractivity contribution in [1.29, 1.82) is 0 Å². The van der Waals surface area contributed by atoms with Gasteiger partial charge in [0.15, 0.2) is 0 Å². The average Bonchev–Trinajstić information content (AvgIpc) is 3.87. The van der Waals surface area contributed by atoms with Gasteiger partial charge in [-0.3, -0.25) is 9.59 Å². The van der Waals surface area contributed by atoms with Crippen molar-refractivity contribution in [3.8, 4) is 0 Å². The maximum atomic E-state index is 11.5. The Hall–Kier alpha value is -4.24. The van der Waals surface area contributed by atoms with E-state index in [-0.39, 0.29) is 30.2 Å². The molecule has 2 fully saturated rings. The van der Waals surface area contributed by atoms with E-state index in [0.29, 0.717) is 38.2 Å². The van der Waals surface area contributed by atoms with Crippen LogP contribution in [0.1, 0.15) is 143 Å². The summed E-state index contributed by atoms with van der Waals surface area (Å²) in [7, 11) is 3.65. The number of aliphatic hydroxyl groups excluding tert-OH is 1. The number of ether oxygens (including phenoxy) is 2. The molecule has 14 heteroatoms. The summed E-state index contributed by atoms with van der Waals surface area (Å²) in [6, 6.07) is 6.74. The van der Waals surface area contributed by atoms with Gasteiger partial charge in [-0.25, -0.2) is 9.69 Å². The van der Waals surface area contributed by atoms with Gasteiger partial charge in [0, 0.05) is 38.3 Å². The average molecular weight is 864 g/mol. The summed E-state index contributed by atoms with van der Waals surface area (Å²) in [4.78, 5) is 61.1. The highest BCUT2D eigenvalue weighted by Gasteiger charge is 2.32. The van der Waals surface area contributed by atoms with E-state index in [1.54, 1.807) is 13.1 Å². The minimum atomic E-state index is -0.905. The van der Waals surface area contributed by atoms with E-state index in [1.165, 1.54) is 49.7 Å². The maximum Gasteiger partial charge on any atom is 0.407 e. The molecule has 3 aliphatic rings. The lowest BCUT2D eigenvalue weighted by Crippen LogP contribution is -2.37. The number of fused-ring (bicyclic) bond motifs is 1. The number of carbonyl (C=O) groups is 6. The van der Waals surface area contributed by atoms with Crippen molar-refractivity contribution >= 4 is 44.9 Å². The van der Waals surface area contributed by atoms with Crippen LogP contribution in [0.15, 0.2) is 36.9 Å². The first-order valence-corrected chi connectivity index (χ1v) is 21.6. The summed E-state index contributed by atoms with van der Waals surface area (Å²) in [5.41, 5.74) is 3.29. The van der Waals surface area contributed by atoms with Gasteiger partial charge in [-0.1, -0.05) is 116 Å². The molecule has 1 saturated heterocycles. The fourth-order valence-corrected chi connectivity index (χ4v) is 6.11. The number of nitrogens with zero attached hydrogens (tertiary/aromatic N) is 2. The SMILES string of the molecule is C1CCCCC1.C=CCC(C)(C)NC=O.C=O.C=O.CC.CC.CC1C[C@@H](OC(O)N2Cc3cccc(/C=C/CCC(C)(C)COC(=O)NCC=O)c3C2)CN1C.CNC=O. The quantitative estimate of drug-likeness (QED) is 0.0729. The lowest BCUT2D eigenvalue weighted by atomic mass is 9.88. The number of hydrogen-bond donors (Lipinski definition) is 4. The molecule has 4 N–H and O–H groups in total. The second kappa shape index (κ2) is 41.1. The number of allylic oxidation sites excluding steroid dienone is 1. The van der Waals surface area contributed by atoms with Gasteiger partial charge in [-0.15, -0.1) is 6.58 Å². The van der Waals surface area contributed by atoms with Crippen molar-refractivity contribution in [2.24, 2.45) is 5.41 Å². The highest BCUT2D eigenvalue weighted by Crippen LogP contribution is 2.30.